The van der Waals surface area contributed by atoms with Crippen molar-refractivity contribution in [3.05, 3.63) is 12.2 Å². The smallest absolute Gasteiger partial charge is 0.0672 e. The molecule has 1 saturated carbocycles. The molecule has 0 spiro atoms. The molecule has 0 aromatic heterocycles. The van der Waals surface area contributed by atoms with E-state index in [0.717, 1.165) is 12.1 Å². The molecule has 2 aliphatic carbocycles. The van der Waals surface area contributed by atoms with Crippen LogP contribution in [0, 0.1) is 17.3 Å². The van der Waals surface area contributed by atoms with Crippen LogP contribution in [0.3, 0.4) is 0 Å². The molecule has 2 heteroatoms. The zero-order chi connectivity index (χ0) is 12.3. The number of hydrogen-bond donors (Lipinski definition) is 1. The molecule has 3 atom stereocenters. The monoisotopic (exact) mass is 235 g/mol. The zero-order valence-electron chi connectivity index (χ0n) is 11.2. The molecule has 96 valence electrons. The second-order valence-corrected chi connectivity index (χ2v) is 5.73. The van der Waals surface area contributed by atoms with Crippen LogP contribution in [0.15, 0.2) is 17.3 Å². The molecule has 1 fully saturated rings. The maximum atomic E-state index is 9.23. The summed E-state index contributed by atoms with van der Waals surface area (Å²) in [5.74, 6) is 1.08. The number of oxime groups is 1. The summed E-state index contributed by atoms with van der Waals surface area (Å²) in [4.78, 5) is 0. The highest BCUT2D eigenvalue weighted by Crippen LogP contribution is 2.57. The first kappa shape index (κ1) is 12.7. The third-order valence-electron chi connectivity index (χ3n) is 4.80. The van der Waals surface area contributed by atoms with Gasteiger partial charge in [0, 0.05) is 11.3 Å². The van der Waals surface area contributed by atoms with Crippen LogP contribution in [0.25, 0.3) is 0 Å². The van der Waals surface area contributed by atoms with Crippen molar-refractivity contribution >= 4 is 5.71 Å². The minimum absolute atomic E-state index is 0.219. The first-order valence-electron chi connectivity index (χ1n) is 7.15. The van der Waals surface area contributed by atoms with Crippen molar-refractivity contribution in [3.63, 3.8) is 0 Å². The second-order valence-electron chi connectivity index (χ2n) is 5.73. The van der Waals surface area contributed by atoms with Crippen LogP contribution in [0.2, 0.25) is 0 Å². The van der Waals surface area contributed by atoms with Gasteiger partial charge in [-0.05, 0) is 25.2 Å². The van der Waals surface area contributed by atoms with Crippen LogP contribution in [0.4, 0.5) is 0 Å². The molecule has 0 amide bonds. The molecule has 1 N–H and O–H groups in total. The third-order valence-corrected chi connectivity index (χ3v) is 4.80. The van der Waals surface area contributed by atoms with Gasteiger partial charge in [-0.25, -0.2) is 0 Å². The summed E-state index contributed by atoms with van der Waals surface area (Å²) >= 11 is 0. The summed E-state index contributed by atoms with van der Waals surface area (Å²) in [5.41, 5.74) is 1.29. The van der Waals surface area contributed by atoms with Crippen LogP contribution in [0.5, 0.6) is 0 Å². The Morgan fingerprint density at radius 3 is 2.94 bits per heavy atom. The summed E-state index contributed by atoms with van der Waals surface area (Å²) in [5, 5.41) is 12.8. The van der Waals surface area contributed by atoms with Gasteiger partial charge in [0.15, 0.2) is 0 Å². The van der Waals surface area contributed by atoms with Crippen molar-refractivity contribution in [3.8, 4) is 0 Å². The van der Waals surface area contributed by atoms with Gasteiger partial charge >= 0.3 is 0 Å². The van der Waals surface area contributed by atoms with E-state index in [9.17, 15) is 5.21 Å². The molecule has 0 bridgehead atoms. The predicted molar refractivity (Wildman–Crippen MR) is 71.4 cm³/mol. The molecule has 0 aromatic carbocycles. The minimum Gasteiger partial charge on any atom is -0.411 e. The minimum atomic E-state index is 0.219. The summed E-state index contributed by atoms with van der Waals surface area (Å²) in [6.45, 7) is 4.44. The van der Waals surface area contributed by atoms with Crippen LogP contribution >= 0.6 is 0 Å². The van der Waals surface area contributed by atoms with Gasteiger partial charge in [-0.1, -0.05) is 56.8 Å². The van der Waals surface area contributed by atoms with Crippen molar-refractivity contribution in [2.45, 2.75) is 58.8 Å². The quantitative estimate of drug-likeness (QED) is 0.326. The van der Waals surface area contributed by atoms with E-state index in [-0.39, 0.29) is 5.41 Å². The Bertz CT molecular complexity index is 321. The van der Waals surface area contributed by atoms with Crippen molar-refractivity contribution in [1.82, 2.24) is 0 Å². The van der Waals surface area contributed by atoms with E-state index in [0.29, 0.717) is 11.8 Å². The zero-order valence-corrected chi connectivity index (χ0v) is 11.2. The van der Waals surface area contributed by atoms with Crippen molar-refractivity contribution in [2.75, 3.05) is 0 Å². The lowest BCUT2D eigenvalue weighted by molar-refractivity contribution is 0.129. The summed E-state index contributed by atoms with van der Waals surface area (Å²) in [6, 6.07) is 0. The number of allylic oxidation sites excluding steroid dienone is 2. The molecule has 0 aromatic rings. The fourth-order valence-electron chi connectivity index (χ4n) is 3.88. The Labute approximate surface area is 105 Å². The van der Waals surface area contributed by atoms with Crippen LogP contribution in [-0.2, 0) is 0 Å². The Kier molecular flexibility index (Phi) is 3.90. The Morgan fingerprint density at radius 1 is 1.41 bits per heavy atom. The Morgan fingerprint density at radius 2 is 2.24 bits per heavy atom. The summed E-state index contributed by atoms with van der Waals surface area (Å²) in [7, 11) is 0. The molecular weight excluding hydrogens is 210 g/mol. The maximum Gasteiger partial charge on any atom is 0.0672 e. The molecule has 0 saturated heterocycles. The molecule has 17 heavy (non-hydrogen) atoms. The maximum absolute atomic E-state index is 9.23. The average Bonchev–Trinajstić information content (AvgIpc) is 2.35. The molecule has 0 aliphatic heterocycles. The first-order chi connectivity index (χ1) is 8.26. The van der Waals surface area contributed by atoms with Crippen LogP contribution in [0.1, 0.15) is 58.8 Å². The molecule has 2 aliphatic rings. The van der Waals surface area contributed by atoms with E-state index in [1.807, 2.05) is 0 Å². The van der Waals surface area contributed by atoms with E-state index in [2.05, 4.69) is 31.2 Å². The van der Waals surface area contributed by atoms with Gasteiger partial charge in [-0.3, -0.25) is 0 Å². The van der Waals surface area contributed by atoms with Gasteiger partial charge in [0.1, 0.15) is 0 Å². The Hall–Kier alpha value is -0.790. The summed E-state index contributed by atoms with van der Waals surface area (Å²) in [6.07, 6.45) is 13.4. The van der Waals surface area contributed by atoms with Crippen molar-refractivity contribution in [2.24, 2.45) is 22.4 Å². The molecule has 3 unspecified atom stereocenters. The van der Waals surface area contributed by atoms with Gasteiger partial charge in [0.05, 0.1) is 5.71 Å². The number of hydrogen-bond acceptors (Lipinski definition) is 2. The largest absolute Gasteiger partial charge is 0.411 e. The SMILES string of the molecule is CCCCCCC12CCC=CC1C(C)/C2=N\O. The number of rotatable bonds is 5. The number of nitrogens with zero attached hydrogens (tertiary/aromatic N) is 1. The highest BCUT2D eigenvalue weighted by atomic mass is 16.4. The van der Waals surface area contributed by atoms with Crippen molar-refractivity contribution < 1.29 is 5.21 Å². The standard InChI is InChI=1S/C15H25NO/c1-3-4-5-7-10-15-11-8-6-9-13(15)12(2)14(15)16-17/h6,9,12-13,17H,3-5,7-8,10-11H2,1-2H3/b16-14+. The first-order valence-corrected chi connectivity index (χ1v) is 7.15. The summed E-state index contributed by atoms with van der Waals surface area (Å²) < 4.78 is 0. The lowest BCUT2D eigenvalue weighted by Crippen LogP contribution is -2.56. The lowest BCUT2D eigenvalue weighted by Gasteiger charge is -2.55. The number of fused-ring (bicyclic) bond motifs is 1. The van der Waals surface area contributed by atoms with Gasteiger partial charge in [0.2, 0.25) is 0 Å². The molecular formula is C15H25NO. The van der Waals surface area contributed by atoms with Crippen molar-refractivity contribution in [1.29, 1.82) is 0 Å². The second kappa shape index (κ2) is 5.24. The third kappa shape index (κ3) is 2.02. The predicted octanol–water partition coefficient (Wildman–Crippen LogP) is 4.39. The molecule has 2 nitrogen and oxygen atoms in total. The van der Waals surface area contributed by atoms with Gasteiger partial charge in [-0.15, -0.1) is 0 Å². The topological polar surface area (TPSA) is 32.6 Å². The normalized spacial score (nSPS) is 37.9. The van der Waals surface area contributed by atoms with Crippen LogP contribution < -0.4 is 0 Å². The van der Waals surface area contributed by atoms with Gasteiger partial charge in [-0.2, -0.15) is 0 Å². The average molecular weight is 235 g/mol. The highest BCUT2D eigenvalue weighted by molar-refractivity contribution is 5.98. The van der Waals surface area contributed by atoms with Gasteiger partial charge in [0.25, 0.3) is 0 Å². The molecule has 0 radical (unpaired) electrons. The van der Waals surface area contributed by atoms with E-state index in [1.54, 1.807) is 0 Å². The van der Waals surface area contributed by atoms with E-state index >= 15 is 0 Å². The molecule has 0 heterocycles. The number of unbranched alkanes of at least 4 members (excludes halogenated alkanes) is 3. The Balaban J connectivity index is 2.01. The van der Waals surface area contributed by atoms with E-state index < -0.39 is 0 Å². The van der Waals surface area contributed by atoms with Crippen LogP contribution in [-0.4, -0.2) is 10.9 Å². The van der Waals surface area contributed by atoms with E-state index in [1.165, 1.54) is 38.5 Å². The fourth-order valence-corrected chi connectivity index (χ4v) is 3.88. The van der Waals surface area contributed by atoms with E-state index in [4.69, 9.17) is 0 Å². The van der Waals surface area contributed by atoms with Gasteiger partial charge < -0.3 is 5.21 Å². The lowest BCUT2D eigenvalue weighted by atomic mass is 9.48. The molecule has 2 rings (SSSR count). The fraction of sp³-hybridized carbons (Fsp3) is 0.800. The highest BCUT2D eigenvalue weighted by Gasteiger charge is 2.56.